The van der Waals surface area contributed by atoms with Gasteiger partial charge in [-0.05, 0) is 80.3 Å². The van der Waals surface area contributed by atoms with Gasteiger partial charge in [-0.1, -0.05) is 13.8 Å². The molecule has 0 aromatic heterocycles. The summed E-state index contributed by atoms with van der Waals surface area (Å²) in [7, 11) is 0. The van der Waals surface area contributed by atoms with E-state index in [-0.39, 0.29) is 40.9 Å². The summed E-state index contributed by atoms with van der Waals surface area (Å²) >= 11 is 0. The van der Waals surface area contributed by atoms with Gasteiger partial charge in [0.25, 0.3) is 0 Å². The number of carbonyl (C=O) groups is 3. The highest BCUT2D eigenvalue weighted by Crippen LogP contribution is 2.67. The lowest BCUT2D eigenvalue weighted by Gasteiger charge is -2.60. The highest BCUT2D eigenvalue weighted by atomic mass is 16.5. The molecule has 0 bridgehead atoms. The second kappa shape index (κ2) is 6.25. The van der Waals surface area contributed by atoms with Crippen LogP contribution in [0.25, 0.3) is 0 Å². The van der Waals surface area contributed by atoms with E-state index < -0.39 is 11.0 Å². The molecule has 3 saturated carbocycles. The molecule has 4 aliphatic rings. The molecule has 28 heavy (non-hydrogen) atoms. The lowest BCUT2D eigenvalue weighted by atomic mass is 9.45. The van der Waals surface area contributed by atoms with Crippen molar-refractivity contribution < 1.29 is 24.2 Å². The second-order valence-corrected chi connectivity index (χ2v) is 10.1. The Morgan fingerprint density at radius 3 is 2.43 bits per heavy atom. The first-order valence-electron chi connectivity index (χ1n) is 10.7. The molecule has 5 heteroatoms. The van der Waals surface area contributed by atoms with E-state index in [1.165, 1.54) is 13.8 Å². The normalized spacial score (nSPS) is 47.5. The van der Waals surface area contributed by atoms with Crippen LogP contribution in [0.3, 0.4) is 0 Å². The smallest absolute Gasteiger partial charge is 0.303 e. The summed E-state index contributed by atoms with van der Waals surface area (Å²) in [6, 6.07) is 0. The van der Waals surface area contributed by atoms with Crippen molar-refractivity contribution in [2.75, 3.05) is 0 Å². The molecule has 1 N–H and O–H groups in total. The van der Waals surface area contributed by atoms with Gasteiger partial charge in [0.1, 0.15) is 11.7 Å². The quantitative estimate of drug-likeness (QED) is 0.734. The van der Waals surface area contributed by atoms with E-state index in [2.05, 4.69) is 13.8 Å². The maximum atomic E-state index is 12.4. The van der Waals surface area contributed by atoms with Gasteiger partial charge in [0.2, 0.25) is 0 Å². The molecule has 0 aromatic carbocycles. The third-order valence-electron chi connectivity index (χ3n) is 9.00. The molecule has 0 amide bonds. The lowest BCUT2D eigenvalue weighted by molar-refractivity contribution is -0.167. The van der Waals surface area contributed by atoms with Crippen molar-refractivity contribution in [2.45, 2.75) is 84.3 Å². The van der Waals surface area contributed by atoms with Crippen LogP contribution in [-0.4, -0.2) is 34.3 Å². The summed E-state index contributed by atoms with van der Waals surface area (Å²) in [6.07, 6.45) is 6.48. The Morgan fingerprint density at radius 2 is 1.79 bits per heavy atom. The number of ether oxygens (including phenoxy) is 1. The van der Waals surface area contributed by atoms with E-state index in [0.29, 0.717) is 25.2 Å². The van der Waals surface area contributed by atoms with Crippen molar-refractivity contribution in [1.82, 2.24) is 0 Å². The molecule has 0 aromatic rings. The maximum absolute atomic E-state index is 12.4. The van der Waals surface area contributed by atoms with E-state index >= 15 is 0 Å². The van der Waals surface area contributed by atoms with Crippen molar-refractivity contribution in [2.24, 2.45) is 28.6 Å². The van der Waals surface area contributed by atoms with Crippen molar-refractivity contribution in [1.29, 1.82) is 0 Å². The third kappa shape index (κ3) is 2.51. The van der Waals surface area contributed by atoms with Gasteiger partial charge < -0.3 is 9.84 Å². The van der Waals surface area contributed by atoms with Crippen LogP contribution < -0.4 is 0 Å². The highest BCUT2D eigenvalue weighted by molar-refractivity contribution is 5.92. The minimum Gasteiger partial charge on any atom is -0.458 e. The van der Waals surface area contributed by atoms with Crippen molar-refractivity contribution in [3.8, 4) is 0 Å². The molecule has 4 aliphatic carbocycles. The van der Waals surface area contributed by atoms with Gasteiger partial charge in [0.05, 0.1) is 0 Å². The number of carbonyl (C=O) groups excluding carboxylic acids is 3. The van der Waals surface area contributed by atoms with Crippen LogP contribution in [0.1, 0.15) is 72.6 Å². The Labute approximate surface area is 166 Å². The Hall–Kier alpha value is -1.49. The molecular formula is C23H32O5. The zero-order valence-corrected chi connectivity index (χ0v) is 17.4. The van der Waals surface area contributed by atoms with Crippen LogP contribution >= 0.6 is 0 Å². The topological polar surface area (TPSA) is 80.7 Å². The van der Waals surface area contributed by atoms with Gasteiger partial charge in [0, 0.05) is 18.8 Å². The lowest BCUT2D eigenvalue weighted by Crippen LogP contribution is -2.58. The summed E-state index contributed by atoms with van der Waals surface area (Å²) in [5, 5.41) is 11.3. The van der Waals surface area contributed by atoms with Crippen LogP contribution in [-0.2, 0) is 19.1 Å². The van der Waals surface area contributed by atoms with Gasteiger partial charge in [-0.3, -0.25) is 14.4 Å². The molecule has 3 fully saturated rings. The SMILES string of the molecule is CC(=O)O[C@@H]1C[C@@H]2[C@H](CC[C@@]3(C)[C@H]2CC[C@]3(O)C(C)=O)[C@@]2(C)CCC(=O)C=C12. The average molecular weight is 389 g/mol. The van der Waals surface area contributed by atoms with Crippen molar-refractivity contribution >= 4 is 17.5 Å². The maximum Gasteiger partial charge on any atom is 0.303 e. The number of fused-ring (bicyclic) bond motifs is 5. The number of ketones is 2. The van der Waals surface area contributed by atoms with Gasteiger partial charge in [-0.2, -0.15) is 0 Å². The molecule has 4 rings (SSSR count). The van der Waals surface area contributed by atoms with Gasteiger partial charge in [-0.25, -0.2) is 0 Å². The molecule has 7 atom stereocenters. The van der Waals surface area contributed by atoms with Crippen LogP contribution in [0.2, 0.25) is 0 Å². The Kier molecular flexibility index (Phi) is 4.42. The second-order valence-electron chi connectivity index (χ2n) is 10.1. The number of aliphatic hydroxyl groups is 1. The molecular weight excluding hydrogens is 356 g/mol. The summed E-state index contributed by atoms with van der Waals surface area (Å²) in [4.78, 5) is 36.3. The first-order valence-corrected chi connectivity index (χ1v) is 10.7. The zero-order chi connectivity index (χ0) is 20.5. The van der Waals surface area contributed by atoms with E-state index in [1.54, 1.807) is 6.08 Å². The third-order valence-corrected chi connectivity index (χ3v) is 9.00. The van der Waals surface area contributed by atoms with E-state index in [9.17, 15) is 19.5 Å². The summed E-state index contributed by atoms with van der Waals surface area (Å²) in [5.74, 6) is 0.580. The van der Waals surface area contributed by atoms with E-state index in [4.69, 9.17) is 4.74 Å². The van der Waals surface area contributed by atoms with Gasteiger partial charge >= 0.3 is 5.97 Å². The van der Waals surface area contributed by atoms with Crippen LogP contribution in [0.15, 0.2) is 11.6 Å². The van der Waals surface area contributed by atoms with E-state index in [1.807, 2.05) is 0 Å². The minimum absolute atomic E-state index is 0.121. The zero-order valence-electron chi connectivity index (χ0n) is 17.4. The molecule has 0 spiro atoms. The Morgan fingerprint density at radius 1 is 1.11 bits per heavy atom. The number of rotatable bonds is 2. The fraction of sp³-hybridized carbons (Fsp3) is 0.783. The number of Topliss-reactive ketones (excluding diaryl/α,β-unsaturated/α-hetero) is 1. The van der Waals surface area contributed by atoms with Crippen molar-refractivity contribution in [3.63, 3.8) is 0 Å². The molecule has 0 aliphatic heterocycles. The number of esters is 1. The molecule has 0 saturated heterocycles. The molecule has 154 valence electrons. The Bertz CT molecular complexity index is 769. The largest absolute Gasteiger partial charge is 0.458 e. The summed E-state index contributed by atoms with van der Waals surface area (Å²) in [5.41, 5.74) is -0.847. The fourth-order valence-corrected chi connectivity index (χ4v) is 7.49. The van der Waals surface area contributed by atoms with E-state index in [0.717, 1.165) is 31.3 Å². The Balaban J connectivity index is 1.75. The first-order chi connectivity index (χ1) is 13.0. The van der Waals surface area contributed by atoms with Crippen LogP contribution in [0.4, 0.5) is 0 Å². The monoisotopic (exact) mass is 388 g/mol. The first kappa shape index (κ1) is 19.8. The average Bonchev–Trinajstić information content (AvgIpc) is 2.89. The highest BCUT2D eigenvalue weighted by Gasteiger charge is 2.66. The van der Waals surface area contributed by atoms with Crippen LogP contribution in [0, 0.1) is 28.6 Å². The number of hydrogen-bond donors (Lipinski definition) is 1. The van der Waals surface area contributed by atoms with Crippen molar-refractivity contribution in [3.05, 3.63) is 11.6 Å². The fourth-order valence-electron chi connectivity index (χ4n) is 7.49. The summed E-state index contributed by atoms with van der Waals surface area (Å²) in [6.45, 7) is 7.25. The van der Waals surface area contributed by atoms with Crippen LogP contribution in [0.5, 0.6) is 0 Å². The number of hydrogen-bond acceptors (Lipinski definition) is 5. The van der Waals surface area contributed by atoms with Gasteiger partial charge in [0.15, 0.2) is 11.6 Å². The molecule has 5 nitrogen and oxygen atoms in total. The molecule has 0 radical (unpaired) electrons. The molecule has 0 unspecified atom stereocenters. The predicted octanol–water partition coefficient (Wildman–Crippen LogP) is 3.38. The standard InChI is InChI=1S/C23H32O5/c1-13(24)23(27)10-7-18-16-12-20(28-14(2)25)19-11-15(26)5-8-21(19,3)17(16)6-9-22(18,23)4/h11,16-18,20,27H,5-10,12H2,1-4H3/t16-,17+,18+,20-,21-,22+,23+/m1/s1. The summed E-state index contributed by atoms with van der Waals surface area (Å²) < 4.78 is 5.72. The van der Waals surface area contributed by atoms with Gasteiger partial charge in [-0.15, -0.1) is 0 Å². The minimum atomic E-state index is -1.25. The molecule has 0 heterocycles. The predicted molar refractivity (Wildman–Crippen MR) is 103 cm³/mol.